The van der Waals surface area contributed by atoms with E-state index < -0.39 is 0 Å². The van der Waals surface area contributed by atoms with E-state index in [-0.39, 0.29) is 24.0 Å². The number of aromatic nitrogens is 2. The fraction of sp³-hybridized carbons (Fsp3) is 0.619. The molecule has 1 aromatic heterocycles. The molecule has 3 rings (SSSR count). The molecular weight excluding hydrogens is 479 g/mol. The number of rotatable bonds is 9. The lowest BCUT2D eigenvalue weighted by Gasteiger charge is -2.26. The lowest BCUT2D eigenvalue weighted by Crippen LogP contribution is -2.40. The van der Waals surface area contributed by atoms with E-state index in [4.69, 9.17) is 9.73 Å². The molecule has 0 spiro atoms. The molecule has 0 unspecified atom stereocenters. The van der Waals surface area contributed by atoms with E-state index in [9.17, 15) is 0 Å². The second kappa shape index (κ2) is 13.0. The number of nitrogens with zero attached hydrogens (tertiary/aromatic N) is 4. The van der Waals surface area contributed by atoms with Crippen molar-refractivity contribution in [2.45, 2.75) is 33.2 Å². The van der Waals surface area contributed by atoms with Crippen LogP contribution in [-0.2, 0) is 11.3 Å². The van der Waals surface area contributed by atoms with Gasteiger partial charge in [-0.25, -0.2) is 4.98 Å². The van der Waals surface area contributed by atoms with E-state index >= 15 is 0 Å². The number of morpholine rings is 1. The summed E-state index contributed by atoms with van der Waals surface area (Å²) in [6.07, 6.45) is 2.11. The standard InChI is InChI=1S/C21H34N6O.HI/c1-3-22-21(23-10-6-12-26-14-16-28-17-15-26)24-11-7-13-27-18(2)25-19-8-4-5-9-20(19)27;/h4-5,8-9H,3,6-7,10-17H2,1-2H3,(H2,22,23,24);1H. The highest BCUT2D eigenvalue weighted by Gasteiger charge is 2.09. The first kappa shape index (κ1) is 23.9. The van der Waals surface area contributed by atoms with Crippen molar-refractivity contribution in [1.82, 2.24) is 25.1 Å². The van der Waals surface area contributed by atoms with Crippen molar-refractivity contribution in [2.24, 2.45) is 4.99 Å². The van der Waals surface area contributed by atoms with Gasteiger partial charge in [0.15, 0.2) is 5.96 Å². The lowest BCUT2D eigenvalue weighted by atomic mass is 10.3. The predicted octanol–water partition coefficient (Wildman–Crippen LogP) is 2.63. The Morgan fingerprint density at radius 3 is 2.72 bits per heavy atom. The third kappa shape index (κ3) is 7.42. The molecule has 2 aromatic rings. The van der Waals surface area contributed by atoms with Gasteiger partial charge in [-0.2, -0.15) is 0 Å². The van der Waals surface area contributed by atoms with Gasteiger partial charge in [-0.05, 0) is 45.4 Å². The highest BCUT2D eigenvalue weighted by Crippen LogP contribution is 2.15. The van der Waals surface area contributed by atoms with Gasteiger partial charge >= 0.3 is 0 Å². The Bertz CT molecular complexity index is 757. The maximum atomic E-state index is 5.40. The molecule has 1 aliphatic heterocycles. The smallest absolute Gasteiger partial charge is 0.191 e. The summed E-state index contributed by atoms with van der Waals surface area (Å²) >= 11 is 0. The molecule has 1 fully saturated rings. The minimum atomic E-state index is 0. The molecule has 0 atom stereocenters. The van der Waals surface area contributed by atoms with Gasteiger partial charge in [0.1, 0.15) is 5.82 Å². The molecule has 0 radical (unpaired) electrons. The number of nitrogens with one attached hydrogen (secondary N) is 2. The molecule has 1 aliphatic rings. The van der Waals surface area contributed by atoms with Crippen molar-refractivity contribution in [2.75, 3.05) is 52.5 Å². The maximum absolute atomic E-state index is 5.40. The quantitative estimate of drug-likeness (QED) is 0.233. The molecule has 0 saturated carbocycles. The van der Waals surface area contributed by atoms with E-state index in [0.29, 0.717) is 0 Å². The Kier molecular flexibility index (Phi) is 10.7. The molecule has 0 aliphatic carbocycles. The van der Waals surface area contributed by atoms with Crippen LogP contribution in [0.1, 0.15) is 25.6 Å². The Labute approximate surface area is 191 Å². The SMILES string of the molecule is CCNC(=NCCCn1c(C)nc2ccccc21)NCCCN1CCOCC1.I. The van der Waals surface area contributed by atoms with Crippen LogP contribution in [0.25, 0.3) is 11.0 Å². The largest absolute Gasteiger partial charge is 0.379 e. The Morgan fingerprint density at radius 1 is 1.14 bits per heavy atom. The molecular formula is C21H35IN6O. The summed E-state index contributed by atoms with van der Waals surface area (Å²) in [5, 5.41) is 6.80. The first-order chi connectivity index (χ1) is 13.8. The van der Waals surface area contributed by atoms with Crippen molar-refractivity contribution >= 4 is 41.0 Å². The van der Waals surface area contributed by atoms with Crippen LogP contribution in [0.2, 0.25) is 0 Å². The zero-order valence-corrected chi connectivity index (χ0v) is 20.0. The number of imidazole rings is 1. The van der Waals surface area contributed by atoms with Gasteiger partial charge in [0.25, 0.3) is 0 Å². The minimum absolute atomic E-state index is 0. The molecule has 8 heteroatoms. The van der Waals surface area contributed by atoms with Crippen LogP contribution in [-0.4, -0.2) is 72.9 Å². The van der Waals surface area contributed by atoms with Crippen LogP contribution in [0.3, 0.4) is 0 Å². The molecule has 0 bridgehead atoms. The number of para-hydroxylation sites is 2. The topological polar surface area (TPSA) is 66.7 Å². The van der Waals surface area contributed by atoms with E-state index in [1.165, 1.54) is 5.52 Å². The molecule has 29 heavy (non-hydrogen) atoms. The minimum Gasteiger partial charge on any atom is -0.379 e. The molecule has 162 valence electrons. The zero-order valence-electron chi connectivity index (χ0n) is 17.7. The summed E-state index contributed by atoms with van der Waals surface area (Å²) in [5.41, 5.74) is 2.27. The van der Waals surface area contributed by atoms with Crippen molar-refractivity contribution in [1.29, 1.82) is 0 Å². The van der Waals surface area contributed by atoms with Crippen LogP contribution in [0.15, 0.2) is 29.3 Å². The molecule has 2 heterocycles. The summed E-state index contributed by atoms with van der Waals surface area (Å²) in [5.74, 6) is 1.98. The molecule has 2 N–H and O–H groups in total. The third-order valence-corrected chi connectivity index (χ3v) is 5.05. The number of hydrogen-bond acceptors (Lipinski definition) is 4. The van der Waals surface area contributed by atoms with Crippen LogP contribution in [0.4, 0.5) is 0 Å². The summed E-state index contributed by atoms with van der Waals surface area (Å²) in [6, 6.07) is 8.32. The first-order valence-electron chi connectivity index (χ1n) is 10.5. The second-order valence-electron chi connectivity index (χ2n) is 7.15. The normalized spacial score (nSPS) is 15.3. The van der Waals surface area contributed by atoms with Crippen molar-refractivity contribution in [3.63, 3.8) is 0 Å². The number of aliphatic imine (C=N–C) groups is 1. The Balaban J connectivity index is 0.00000300. The van der Waals surface area contributed by atoms with Gasteiger partial charge in [0, 0.05) is 39.3 Å². The number of aryl methyl sites for hydroxylation is 2. The fourth-order valence-corrected chi connectivity index (χ4v) is 3.57. The van der Waals surface area contributed by atoms with Gasteiger partial charge < -0.3 is 19.9 Å². The van der Waals surface area contributed by atoms with Crippen molar-refractivity contribution in [3.8, 4) is 0 Å². The summed E-state index contributed by atoms with van der Waals surface area (Å²) in [7, 11) is 0. The van der Waals surface area contributed by atoms with Gasteiger partial charge in [0.2, 0.25) is 0 Å². The average molecular weight is 514 g/mol. The van der Waals surface area contributed by atoms with Crippen LogP contribution < -0.4 is 10.6 Å². The monoisotopic (exact) mass is 514 g/mol. The summed E-state index contributed by atoms with van der Waals surface area (Å²) in [6.45, 7) is 12.7. The van der Waals surface area contributed by atoms with E-state index in [1.54, 1.807) is 0 Å². The molecule has 1 aromatic carbocycles. The number of hydrogen-bond donors (Lipinski definition) is 2. The maximum Gasteiger partial charge on any atom is 0.191 e. The van der Waals surface area contributed by atoms with Crippen molar-refractivity contribution in [3.05, 3.63) is 30.1 Å². The predicted molar refractivity (Wildman–Crippen MR) is 130 cm³/mol. The van der Waals surface area contributed by atoms with Crippen LogP contribution in [0.5, 0.6) is 0 Å². The lowest BCUT2D eigenvalue weighted by molar-refractivity contribution is 0.0376. The number of fused-ring (bicyclic) bond motifs is 1. The fourth-order valence-electron chi connectivity index (χ4n) is 3.57. The molecule has 1 saturated heterocycles. The molecule has 7 nitrogen and oxygen atoms in total. The highest BCUT2D eigenvalue weighted by molar-refractivity contribution is 14.0. The van der Waals surface area contributed by atoms with Crippen LogP contribution >= 0.6 is 24.0 Å². The number of ether oxygens (including phenoxy) is 1. The zero-order chi connectivity index (χ0) is 19.6. The average Bonchev–Trinajstić information content (AvgIpc) is 3.04. The number of guanidine groups is 1. The van der Waals surface area contributed by atoms with Crippen molar-refractivity contribution < 1.29 is 4.74 Å². The van der Waals surface area contributed by atoms with Crippen LogP contribution in [0, 0.1) is 6.92 Å². The van der Waals surface area contributed by atoms with Gasteiger partial charge in [-0.3, -0.25) is 9.89 Å². The number of halogens is 1. The van der Waals surface area contributed by atoms with E-state index in [0.717, 1.165) is 89.2 Å². The van der Waals surface area contributed by atoms with E-state index in [1.807, 2.05) is 6.07 Å². The van der Waals surface area contributed by atoms with Gasteiger partial charge in [-0.1, -0.05) is 12.1 Å². The highest BCUT2D eigenvalue weighted by atomic mass is 127. The Hall–Kier alpha value is -1.39. The summed E-state index contributed by atoms with van der Waals surface area (Å²) < 4.78 is 7.68. The van der Waals surface area contributed by atoms with Gasteiger partial charge in [-0.15, -0.1) is 24.0 Å². The Morgan fingerprint density at radius 2 is 1.93 bits per heavy atom. The first-order valence-corrected chi connectivity index (χ1v) is 10.5. The third-order valence-electron chi connectivity index (χ3n) is 5.05. The second-order valence-corrected chi connectivity index (χ2v) is 7.15. The van der Waals surface area contributed by atoms with Gasteiger partial charge in [0.05, 0.1) is 24.2 Å². The number of benzene rings is 1. The molecule has 0 amide bonds. The van der Waals surface area contributed by atoms with E-state index in [2.05, 4.69) is 57.1 Å². The summed E-state index contributed by atoms with van der Waals surface area (Å²) in [4.78, 5) is 11.8.